The van der Waals surface area contributed by atoms with Crippen LogP contribution < -0.4 is 10.3 Å². The lowest BCUT2D eigenvalue weighted by atomic mass is 9.49. The van der Waals surface area contributed by atoms with Crippen LogP contribution >= 0.6 is 39.1 Å². The van der Waals surface area contributed by atoms with Gasteiger partial charge in [-0.1, -0.05) is 69.0 Å². The first-order valence-electron chi connectivity index (χ1n) is 16.6. The van der Waals surface area contributed by atoms with Gasteiger partial charge in [0, 0.05) is 21.6 Å². The second-order valence-corrected chi connectivity index (χ2v) is 15.4. The topological polar surface area (TPSA) is 120 Å². The Balaban J connectivity index is 1.31. The summed E-state index contributed by atoms with van der Waals surface area (Å²) in [6.07, 6.45) is -2.52. The highest BCUT2D eigenvalue weighted by molar-refractivity contribution is 9.10. The normalized spacial score (nSPS) is 26.4. The monoisotopic (exact) mass is 842 g/mol. The molecule has 0 spiro atoms. The average Bonchev–Trinajstić information content (AvgIpc) is 3.51. The van der Waals surface area contributed by atoms with Gasteiger partial charge in [-0.15, -0.1) is 0 Å². The molecule has 2 N–H and O–H groups in total. The molecule has 6 atom stereocenters. The number of phenols is 1. The van der Waals surface area contributed by atoms with Gasteiger partial charge >= 0.3 is 6.18 Å². The predicted molar refractivity (Wildman–Crippen MR) is 192 cm³/mol. The molecular formula is C38H25BrCl2F4N4O5. The first-order chi connectivity index (χ1) is 25.6. The number of rotatable bonds is 5. The number of carbonyl (C=O) groups is 4. The van der Waals surface area contributed by atoms with Crippen molar-refractivity contribution in [1.29, 1.82) is 0 Å². The maximum absolute atomic E-state index is 15.3. The molecule has 0 unspecified atom stereocenters. The number of alkyl halides is 3. The Morgan fingerprint density at radius 2 is 1.61 bits per heavy atom. The maximum Gasteiger partial charge on any atom is 0.417 e. The Kier molecular flexibility index (Phi) is 8.66. The Labute approximate surface area is 322 Å². The summed E-state index contributed by atoms with van der Waals surface area (Å²) >= 11 is 15.9. The van der Waals surface area contributed by atoms with E-state index in [2.05, 4.69) is 26.3 Å². The van der Waals surface area contributed by atoms with E-state index >= 15 is 9.18 Å². The molecular weight excluding hydrogens is 819 g/mol. The van der Waals surface area contributed by atoms with Gasteiger partial charge < -0.3 is 5.11 Å². The zero-order chi connectivity index (χ0) is 38.4. The van der Waals surface area contributed by atoms with Crippen LogP contribution in [-0.4, -0.2) is 38.7 Å². The van der Waals surface area contributed by atoms with Crippen molar-refractivity contribution in [2.24, 2.45) is 23.7 Å². The van der Waals surface area contributed by atoms with E-state index in [1.165, 1.54) is 18.2 Å². The van der Waals surface area contributed by atoms with Crippen LogP contribution in [0.5, 0.6) is 5.75 Å². The summed E-state index contributed by atoms with van der Waals surface area (Å²) in [6.45, 7) is 0. The quantitative estimate of drug-likeness (QED) is 0.118. The first-order valence-corrected chi connectivity index (χ1v) is 18.1. The molecule has 4 amide bonds. The van der Waals surface area contributed by atoms with Crippen LogP contribution in [0.4, 0.5) is 29.1 Å². The fourth-order valence-electron chi connectivity index (χ4n) is 8.71. The third-order valence-electron chi connectivity index (χ3n) is 10.9. The molecule has 4 aliphatic rings. The number of benzene rings is 3. The molecule has 2 aliphatic carbocycles. The lowest BCUT2D eigenvalue weighted by Crippen LogP contribution is -2.53. The van der Waals surface area contributed by atoms with Crippen LogP contribution in [0.25, 0.3) is 0 Å². The van der Waals surface area contributed by atoms with E-state index in [0.29, 0.717) is 39.1 Å². The van der Waals surface area contributed by atoms with E-state index in [1.807, 2.05) is 0 Å². The zero-order valence-electron chi connectivity index (χ0n) is 27.5. The van der Waals surface area contributed by atoms with Crippen LogP contribution in [0.1, 0.15) is 35.4 Å². The van der Waals surface area contributed by atoms with Crippen LogP contribution in [0.2, 0.25) is 10.0 Å². The molecule has 2 saturated heterocycles. The van der Waals surface area contributed by atoms with Gasteiger partial charge in [0.05, 0.1) is 39.4 Å². The van der Waals surface area contributed by atoms with E-state index in [1.54, 1.807) is 42.5 Å². The highest BCUT2D eigenvalue weighted by Crippen LogP contribution is 2.64. The number of fused-ring (bicyclic) bond motifs is 4. The van der Waals surface area contributed by atoms with Crippen molar-refractivity contribution in [3.05, 3.63) is 128 Å². The molecule has 54 heavy (non-hydrogen) atoms. The highest BCUT2D eigenvalue weighted by Gasteiger charge is 2.70. The van der Waals surface area contributed by atoms with Gasteiger partial charge in [0.25, 0.3) is 11.8 Å². The smallest absolute Gasteiger partial charge is 0.417 e. The lowest BCUT2D eigenvalue weighted by molar-refractivity contribution is -0.139. The van der Waals surface area contributed by atoms with E-state index in [9.17, 15) is 32.7 Å². The second kappa shape index (κ2) is 12.9. The Hall–Kier alpha value is -4.79. The van der Waals surface area contributed by atoms with Gasteiger partial charge in [-0.25, -0.2) is 9.37 Å². The van der Waals surface area contributed by atoms with Crippen LogP contribution in [-0.2, 0) is 30.8 Å². The molecule has 1 aromatic heterocycles. The predicted octanol–water partition coefficient (Wildman–Crippen LogP) is 8.20. The van der Waals surface area contributed by atoms with Crippen molar-refractivity contribution in [3.8, 4) is 5.75 Å². The Morgan fingerprint density at radius 1 is 0.907 bits per heavy atom. The molecule has 8 rings (SSSR count). The molecule has 2 aliphatic heterocycles. The molecule has 3 aromatic carbocycles. The summed E-state index contributed by atoms with van der Waals surface area (Å²) in [4.78, 5) is 63.1. The minimum absolute atomic E-state index is 0.0989. The number of imide groups is 2. The second-order valence-electron chi connectivity index (χ2n) is 13.6. The molecule has 276 valence electrons. The van der Waals surface area contributed by atoms with Crippen LogP contribution in [0, 0.1) is 29.5 Å². The summed E-state index contributed by atoms with van der Waals surface area (Å²) < 4.78 is 56.3. The Morgan fingerprint density at radius 3 is 2.26 bits per heavy atom. The standard InChI is InChI=1S/C38H25BrCl2F4N4O5/c39-20-4-8-22(9-5-20)48-33(51)24-11-10-23-25(30(24)35(48)53)15-26-34(52)49(47-32-27(41)14-19(16-46-32)38(43,44)45)36(54)37(26,18-2-6-21(40)7-3-18)31(23)17-1-12-29(50)28(42)13-17/h1-10,12-14,16,24-26,30-31,50H,11,15H2,(H,46,47)/t24-,25+,26-,30-,31-,37+/m0/s1. The summed E-state index contributed by atoms with van der Waals surface area (Å²) in [5.41, 5.74) is 0.898. The van der Waals surface area contributed by atoms with Gasteiger partial charge in [-0.3, -0.25) is 29.5 Å². The number of allylic oxidation sites excluding steroid dienone is 2. The summed E-state index contributed by atoms with van der Waals surface area (Å²) in [5.74, 6) is -9.66. The molecule has 16 heteroatoms. The number of hydrogen-bond acceptors (Lipinski definition) is 7. The lowest BCUT2D eigenvalue weighted by Gasteiger charge is -2.50. The molecule has 3 heterocycles. The fraction of sp³-hybridized carbons (Fsp3) is 0.237. The highest BCUT2D eigenvalue weighted by atomic mass is 79.9. The number of hydrogen-bond donors (Lipinski definition) is 2. The number of anilines is 2. The summed E-state index contributed by atoms with van der Waals surface area (Å²) in [7, 11) is 0. The van der Waals surface area contributed by atoms with Crippen molar-refractivity contribution in [1.82, 2.24) is 9.99 Å². The average molecular weight is 844 g/mol. The van der Waals surface area contributed by atoms with Gasteiger partial charge in [0.1, 0.15) is 0 Å². The number of aromatic hydroxyl groups is 1. The summed E-state index contributed by atoms with van der Waals surface area (Å²) in [6, 6.07) is 17.0. The van der Waals surface area contributed by atoms with Gasteiger partial charge in [-0.2, -0.15) is 18.2 Å². The van der Waals surface area contributed by atoms with Crippen molar-refractivity contribution in [2.75, 3.05) is 10.3 Å². The Bertz CT molecular complexity index is 2310. The molecule has 3 fully saturated rings. The summed E-state index contributed by atoms with van der Waals surface area (Å²) in [5, 5.41) is 10.6. The molecule has 0 bridgehead atoms. The van der Waals surface area contributed by atoms with Crippen LogP contribution in [0.15, 0.2) is 95.1 Å². The number of nitrogens with one attached hydrogen (secondary N) is 1. The van der Waals surface area contributed by atoms with Crippen molar-refractivity contribution < 1.29 is 41.8 Å². The minimum Gasteiger partial charge on any atom is -0.505 e. The van der Waals surface area contributed by atoms with E-state index in [0.717, 1.165) is 21.5 Å². The van der Waals surface area contributed by atoms with Crippen molar-refractivity contribution in [2.45, 2.75) is 30.4 Å². The molecule has 1 saturated carbocycles. The minimum atomic E-state index is -4.78. The number of halogens is 7. The van der Waals surface area contributed by atoms with Gasteiger partial charge in [0.2, 0.25) is 11.8 Å². The SMILES string of the molecule is O=C1[C@@H]2C[C@@H]3C(=CC[C@@H]4C(=O)N(c5ccc(Br)cc5)C(=O)[C@@H]43)[C@H](c3ccc(O)c(F)c3)[C@]2(c2ccc(Cl)cc2)C(=O)N1Nc1ncc(C(F)(F)F)cc1Cl. The third-order valence-corrected chi connectivity index (χ3v) is 12.0. The van der Waals surface area contributed by atoms with E-state index in [4.69, 9.17) is 23.2 Å². The molecule has 4 aromatic rings. The van der Waals surface area contributed by atoms with E-state index < -0.39 is 92.8 Å². The van der Waals surface area contributed by atoms with Gasteiger partial charge in [-0.05, 0) is 84.5 Å². The molecule has 9 nitrogen and oxygen atoms in total. The number of phenolic OH excluding ortho intramolecular Hbond substituents is 1. The van der Waals surface area contributed by atoms with Crippen LogP contribution in [0.3, 0.4) is 0 Å². The third kappa shape index (κ3) is 5.43. The van der Waals surface area contributed by atoms with Crippen molar-refractivity contribution >= 4 is 74.3 Å². The number of aromatic nitrogens is 1. The van der Waals surface area contributed by atoms with Crippen molar-refractivity contribution in [3.63, 3.8) is 0 Å². The number of hydrazine groups is 1. The number of carbonyl (C=O) groups excluding carboxylic acids is 4. The first kappa shape index (κ1) is 36.2. The number of amides is 4. The number of nitrogens with zero attached hydrogens (tertiary/aromatic N) is 3. The van der Waals surface area contributed by atoms with Gasteiger partial charge in [0.15, 0.2) is 17.4 Å². The fourth-order valence-corrected chi connectivity index (χ4v) is 9.30. The maximum atomic E-state index is 15.3. The molecule has 0 radical (unpaired) electrons. The van der Waals surface area contributed by atoms with E-state index in [-0.39, 0.29) is 18.4 Å². The number of pyridine rings is 1. The largest absolute Gasteiger partial charge is 0.505 e. The zero-order valence-corrected chi connectivity index (χ0v) is 30.5.